The molecule has 0 aromatic carbocycles. The molecule has 2 heterocycles. The predicted octanol–water partition coefficient (Wildman–Crippen LogP) is 2.22. The largest absolute Gasteiger partial charge is 0.375 e. The quantitative estimate of drug-likeness (QED) is 0.906. The molecule has 2 rings (SSSR count). The predicted molar refractivity (Wildman–Crippen MR) is 78.4 cm³/mol. The van der Waals surface area contributed by atoms with Crippen molar-refractivity contribution in [2.45, 2.75) is 33.2 Å². The van der Waals surface area contributed by atoms with E-state index < -0.39 is 0 Å². The van der Waals surface area contributed by atoms with Crippen LogP contribution in [-0.2, 0) is 11.2 Å². The van der Waals surface area contributed by atoms with Gasteiger partial charge in [-0.05, 0) is 20.8 Å². The number of aryl methyl sites for hydroxylation is 2. The lowest BCUT2D eigenvalue weighted by atomic mass is 10.2. The molecule has 0 aliphatic carbocycles. The van der Waals surface area contributed by atoms with E-state index in [-0.39, 0.29) is 18.4 Å². The minimum absolute atomic E-state index is 0.0327. The molecule has 1 amide bonds. The van der Waals surface area contributed by atoms with Crippen LogP contribution in [0.25, 0.3) is 0 Å². The van der Waals surface area contributed by atoms with Crippen molar-refractivity contribution in [2.75, 3.05) is 5.73 Å². The molecule has 1 atom stereocenters. The van der Waals surface area contributed by atoms with Gasteiger partial charge in [0.2, 0.25) is 5.91 Å². The Labute approximate surface area is 119 Å². The number of nitrogens with zero attached hydrogens (tertiary/aromatic N) is 2. The van der Waals surface area contributed by atoms with Crippen molar-refractivity contribution >= 4 is 33.7 Å². The minimum atomic E-state index is -0.0525. The zero-order valence-corrected chi connectivity index (χ0v) is 12.7. The van der Waals surface area contributed by atoms with E-state index in [1.54, 1.807) is 11.3 Å². The van der Waals surface area contributed by atoms with Gasteiger partial charge >= 0.3 is 0 Å². The topological polar surface area (TPSA) is 80.9 Å². The van der Waals surface area contributed by atoms with Gasteiger partial charge in [-0.25, -0.2) is 9.97 Å². The van der Waals surface area contributed by atoms with Crippen molar-refractivity contribution in [1.29, 1.82) is 0 Å². The number of amides is 1. The van der Waals surface area contributed by atoms with Gasteiger partial charge in [-0.15, -0.1) is 22.7 Å². The molecule has 1 unspecified atom stereocenters. The lowest BCUT2D eigenvalue weighted by Gasteiger charge is -2.12. The molecule has 2 aromatic heterocycles. The summed E-state index contributed by atoms with van der Waals surface area (Å²) >= 11 is 2.96. The van der Waals surface area contributed by atoms with Gasteiger partial charge in [-0.2, -0.15) is 0 Å². The number of carbonyl (C=O) groups excluding carboxylic acids is 1. The second kappa shape index (κ2) is 5.66. The first-order valence-corrected chi connectivity index (χ1v) is 7.58. The molecule has 0 aliphatic heterocycles. The molecule has 19 heavy (non-hydrogen) atoms. The fourth-order valence-electron chi connectivity index (χ4n) is 1.88. The monoisotopic (exact) mass is 296 g/mol. The summed E-state index contributed by atoms with van der Waals surface area (Å²) in [6, 6.07) is -0.0327. The van der Waals surface area contributed by atoms with E-state index in [0.29, 0.717) is 10.8 Å². The summed E-state index contributed by atoms with van der Waals surface area (Å²) in [7, 11) is 0. The zero-order valence-electron chi connectivity index (χ0n) is 11.1. The summed E-state index contributed by atoms with van der Waals surface area (Å²) in [5.74, 6) is -0.0525. The van der Waals surface area contributed by atoms with E-state index in [4.69, 9.17) is 5.73 Å². The van der Waals surface area contributed by atoms with Crippen molar-refractivity contribution in [2.24, 2.45) is 0 Å². The van der Waals surface area contributed by atoms with Gasteiger partial charge in [0.15, 0.2) is 5.13 Å². The molecule has 0 bridgehead atoms. The summed E-state index contributed by atoms with van der Waals surface area (Å²) in [5.41, 5.74) is 7.23. The maximum atomic E-state index is 11.9. The highest BCUT2D eigenvalue weighted by Crippen LogP contribution is 2.24. The van der Waals surface area contributed by atoms with E-state index in [9.17, 15) is 4.79 Å². The Morgan fingerprint density at radius 2 is 2.21 bits per heavy atom. The highest BCUT2D eigenvalue weighted by molar-refractivity contribution is 7.13. The second-order valence-electron chi connectivity index (χ2n) is 4.33. The van der Waals surface area contributed by atoms with Crippen LogP contribution in [0.4, 0.5) is 5.13 Å². The fourth-order valence-corrected chi connectivity index (χ4v) is 3.37. The van der Waals surface area contributed by atoms with Crippen molar-refractivity contribution in [3.63, 3.8) is 0 Å². The van der Waals surface area contributed by atoms with Crippen LogP contribution < -0.4 is 11.1 Å². The highest BCUT2D eigenvalue weighted by Gasteiger charge is 2.16. The number of aromatic nitrogens is 2. The van der Waals surface area contributed by atoms with Crippen LogP contribution in [0, 0.1) is 13.8 Å². The Kier molecular flexibility index (Phi) is 4.16. The van der Waals surface area contributed by atoms with Crippen LogP contribution in [0.5, 0.6) is 0 Å². The smallest absolute Gasteiger partial charge is 0.226 e. The van der Waals surface area contributed by atoms with E-state index in [2.05, 4.69) is 15.3 Å². The zero-order chi connectivity index (χ0) is 14.0. The SMILES string of the molecule is Cc1nc(C)c(C(C)NC(=O)Cc2csc(N)n2)s1. The first-order chi connectivity index (χ1) is 8.95. The van der Waals surface area contributed by atoms with E-state index in [1.807, 2.05) is 26.2 Å². The third kappa shape index (κ3) is 3.51. The number of rotatable bonds is 4. The van der Waals surface area contributed by atoms with Crippen molar-refractivity contribution in [3.8, 4) is 0 Å². The number of anilines is 1. The Balaban J connectivity index is 1.97. The molecule has 3 N–H and O–H groups in total. The van der Waals surface area contributed by atoms with Gasteiger partial charge < -0.3 is 11.1 Å². The Hall–Kier alpha value is -1.47. The van der Waals surface area contributed by atoms with E-state index >= 15 is 0 Å². The first kappa shape index (κ1) is 14.0. The molecule has 0 saturated heterocycles. The highest BCUT2D eigenvalue weighted by atomic mass is 32.1. The molecule has 0 aliphatic rings. The number of nitrogen functional groups attached to an aromatic ring is 1. The number of nitrogens with two attached hydrogens (primary N) is 1. The molecule has 0 spiro atoms. The Morgan fingerprint density at radius 1 is 1.47 bits per heavy atom. The van der Waals surface area contributed by atoms with Gasteiger partial charge in [0, 0.05) is 10.3 Å². The molecule has 102 valence electrons. The molecule has 0 radical (unpaired) electrons. The summed E-state index contributed by atoms with van der Waals surface area (Å²) in [6.45, 7) is 5.89. The van der Waals surface area contributed by atoms with Gasteiger partial charge in [-0.3, -0.25) is 4.79 Å². The van der Waals surface area contributed by atoms with Gasteiger partial charge in [0.05, 0.1) is 28.9 Å². The van der Waals surface area contributed by atoms with Crippen molar-refractivity contribution in [3.05, 3.63) is 26.7 Å². The lowest BCUT2D eigenvalue weighted by molar-refractivity contribution is -0.121. The molecule has 5 nitrogen and oxygen atoms in total. The summed E-state index contributed by atoms with van der Waals surface area (Å²) in [4.78, 5) is 21.5. The average Bonchev–Trinajstić information content (AvgIpc) is 2.84. The number of thiazole rings is 2. The summed E-state index contributed by atoms with van der Waals surface area (Å²) in [5, 5.41) is 6.28. The van der Waals surface area contributed by atoms with Gasteiger partial charge in [-0.1, -0.05) is 0 Å². The Morgan fingerprint density at radius 3 is 2.74 bits per heavy atom. The van der Waals surface area contributed by atoms with Crippen molar-refractivity contribution < 1.29 is 4.79 Å². The second-order valence-corrected chi connectivity index (χ2v) is 6.45. The van der Waals surface area contributed by atoms with Gasteiger partial charge in [0.1, 0.15) is 0 Å². The minimum Gasteiger partial charge on any atom is -0.375 e. The molecule has 0 saturated carbocycles. The molecule has 0 fully saturated rings. The van der Waals surface area contributed by atoms with Crippen LogP contribution in [0.2, 0.25) is 0 Å². The van der Waals surface area contributed by atoms with Crippen molar-refractivity contribution in [1.82, 2.24) is 15.3 Å². The standard InChI is InChI=1S/C12H16N4OS2/c1-6-11(19-8(3)14-6)7(2)15-10(17)4-9-5-18-12(13)16-9/h5,7H,4H2,1-3H3,(H2,13,16)(H,15,17). The van der Waals surface area contributed by atoms with Crippen LogP contribution in [0.1, 0.15) is 34.2 Å². The summed E-state index contributed by atoms with van der Waals surface area (Å²) in [6.07, 6.45) is 0.259. The fraction of sp³-hybridized carbons (Fsp3) is 0.417. The third-order valence-corrected chi connectivity index (χ3v) is 4.60. The van der Waals surface area contributed by atoms with Crippen LogP contribution >= 0.6 is 22.7 Å². The van der Waals surface area contributed by atoms with Crippen LogP contribution in [0.3, 0.4) is 0 Å². The van der Waals surface area contributed by atoms with Crippen LogP contribution in [0.15, 0.2) is 5.38 Å². The molecular weight excluding hydrogens is 280 g/mol. The van der Waals surface area contributed by atoms with Crippen LogP contribution in [-0.4, -0.2) is 15.9 Å². The number of hydrogen-bond acceptors (Lipinski definition) is 6. The average molecular weight is 296 g/mol. The van der Waals surface area contributed by atoms with Gasteiger partial charge in [0.25, 0.3) is 0 Å². The Bertz CT molecular complexity index is 590. The maximum absolute atomic E-state index is 11.9. The lowest BCUT2D eigenvalue weighted by Crippen LogP contribution is -2.28. The van der Waals surface area contributed by atoms with E-state index in [0.717, 1.165) is 15.6 Å². The maximum Gasteiger partial charge on any atom is 0.226 e. The first-order valence-electron chi connectivity index (χ1n) is 5.89. The normalized spacial score (nSPS) is 12.4. The number of carbonyl (C=O) groups is 1. The molecule has 2 aromatic rings. The number of nitrogens with one attached hydrogen (secondary N) is 1. The third-order valence-electron chi connectivity index (χ3n) is 2.62. The molecular formula is C12H16N4OS2. The molecule has 7 heteroatoms. The van der Waals surface area contributed by atoms with E-state index in [1.165, 1.54) is 11.3 Å². The number of hydrogen-bond donors (Lipinski definition) is 2. The summed E-state index contributed by atoms with van der Waals surface area (Å²) < 4.78 is 0.